The highest BCUT2D eigenvalue weighted by Crippen LogP contribution is 2.33. The number of rotatable bonds is 4. The second-order valence-electron chi connectivity index (χ2n) is 5.31. The number of hydrogen-bond acceptors (Lipinski definition) is 4. The van der Waals surface area contributed by atoms with Crippen LogP contribution in [0.3, 0.4) is 0 Å². The van der Waals surface area contributed by atoms with Crippen LogP contribution in [0.1, 0.15) is 5.56 Å². The molecule has 0 spiro atoms. The van der Waals surface area contributed by atoms with Crippen molar-refractivity contribution in [2.45, 2.75) is 11.3 Å². The highest BCUT2D eigenvalue weighted by atomic mass is 32.2. The fourth-order valence-corrected chi connectivity index (χ4v) is 3.16. The van der Waals surface area contributed by atoms with E-state index in [2.05, 4.69) is 0 Å². The number of carboxylic acid groups (broad SMARTS) is 1. The molecule has 0 amide bonds. The molecule has 0 aliphatic carbocycles. The van der Waals surface area contributed by atoms with E-state index in [9.17, 15) is 13.2 Å². The molecule has 0 saturated carbocycles. The number of benzene rings is 2. The van der Waals surface area contributed by atoms with Crippen molar-refractivity contribution in [3.8, 4) is 11.1 Å². The van der Waals surface area contributed by atoms with Crippen molar-refractivity contribution in [3.05, 3.63) is 54.3 Å². The van der Waals surface area contributed by atoms with Gasteiger partial charge in [0.1, 0.15) is 5.58 Å². The Morgan fingerprint density at radius 3 is 2.43 bits per heavy atom. The first-order chi connectivity index (χ1) is 10.9. The van der Waals surface area contributed by atoms with Crippen molar-refractivity contribution in [3.63, 3.8) is 0 Å². The van der Waals surface area contributed by atoms with Crippen LogP contribution in [0.15, 0.2) is 58.0 Å². The second kappa shape index (κ2) is 5.55. The summed E-state index contributed by atoms with van der Waals surface area (Å²) in [4.78, 5) is 11.2. The standard InChI is InChI=1S/C17H14O5S/c1-23(20,21)13-7-5-11(6-8-13)15-10-22-17-12(9-16(18)19)3-2-4-14(15)17/h2-8,10H,9H2,1H3,(H,18,19). The van der Waals surface area contributed by atoms with Crippen molar-refractivity contribution in [2.75, 3.05) is 6.26 Å². The summed E-state index contributed by atoms with van der Waals surface area (Å²) in [5.41, 5.74) is 2.75. The third-order valence-corrected chi connectivity index (χ3v) is 4.74. The molecule has 118 valence electrons. The van der Waals surface area contributed by atoms with Crippen LogP contribution in [0.4, 0.5) is 0 Å². The third kappa shape index (κ3) is 2.98. The van der Waals surface area contributed by atoms with Crippen molar-refractivity contribution < 1.29 is 22.7 Å². The smallest absolute Gasteiger partial charge is 0.307 e. The largest absolute Gasteiger partial charge is 0.481 e. The number of sulfone groups is 1. The van der Waals surface area contributed by atoms with Gasteiger partial charge in [-0.3, -0.25) is 4.79 Å². The Kier molecular flexibility index (Phi) is 3.69. The lowest BCUT2D eigenvalue weighted by Crippen LogP contribution is -1.99. The van der Waals surface area contributed by atoms with Gasteiger partial charge < -0.3 is 9.52 Å². The molecular formula is C17H14O5S. The van der Waals surface area contributed by atoms with E-state index in [1.807, 2.05) is 6.07 Å². The molecule has 0 aliphatic heterocycles. The number of aliphatic carboxylic acids is 1. The Hall–Kier alpha value is -2.60. The Morgan fingerprint density at radius 2 is 1.83 bits per heavy atom. The van der Waals surface area contributed by atoms with Crippen LogP contribution in [-0.4, -0.2) is 25.7 Å². The quantitative estimate of drug-likeness (QED) is 0.794. The maximum Gasteiger partial charge on any atom is 0.307 e. The molecule has 3 aromatic rings. The first-order valence-corrected chi connectivity index (χ1v) is 8.77. The fourth-order valence-electron chi connectivity index (χ4n) is 2.52. The van der Waals surface area contributed by atoms with E-state index in [4.69, 9.17) is 9.52 Å². The summed E-state index contributed by atoms with van der Waals surface area (Å²) in [7, 11) is -3.24. The molecule has 5 nitrogen and oxygen atoms in total. The maximum atomic E-state index is 11.5. The van der Waals surface area contributed by atoms with Crippen LogP contribution < -0.4 is 0 Å². The zero-order valence-electron chi connectivity index (χ0n) is 12.3. The van der Waals surface area contributed by atoms with Gasteiger partial charge in [0.25, 0.3) is 0 Å². The van der Waals surface area contributed by atoms with Gasteiger partial charge in [0, 0.05) is 22.8 Å². The average molecular weight is 330 g/mol. The molecule has 2 aromatic carbocycles. The minimum Gasteiger partial charge on any atom is -0.481 e. The molecule has 0 aliphatic rings. The summed E-state index contributed by atoms with van der Waals surface area (Å²) in [6, 6.07) is 11.9. The van der Waals surface area contributed by atoms with Crippen molar-refractivity contribution >= 4 is 26.8 Å². The topological polar surface area (TPSA) is 84.6 Å². The lowest BCUT2D eigenvalue weighted by Gasteiger charge is -2.02. The van der Waals surface area contributed by atoms with Crippen molar-refractivity contribution in [1.82, 2.24) is 0 Å². The summed E-state index contributed by atoms with van der Waals surface area (Å²) in [5.74, 6) is -0.923. The average Bonchev–Trinajstić information content (AvgIpc) is 2.91. The molecule has 3 rings (SSSR count). The number of carbonyl (C=O) groups is 1. The molecule has 0 radical (unpaired) electrons. The third-order valence-electron chi connectivity index (χ3n) is 3.62. The van der Waals surface area contributed by atoms with Crippen molar-refractivity contribution in [1.29, 1.82) is 0 Å². The predicted octanol–water partition coefficient (Wildman–Crippen LogP) is 3.13. The summed E-state index contributed by atoms with van der Waals surface area (Å²) in [6.45, 7) is 0. The number of hydrogen-bond donors (Lipinski definition) is 1. The zero-order chi connectivity index (χ0) is 16.6. The number of para-hydroxylation sites is 1. The monoisotopic (exact) mass is 330 g/mol. The predicted molar refractivity (Wildman–Crippen MR) is 86.1 cm³/mol. The molecule has 0 bridgehead atoms. The van der Waals surface area contributed by atoms with Gasteiger partial charge in [-0.1, -0.05) is 30.3 Å². The van der Waals surface area contributed by atoms with E-state index in [-0.39, 0.29) is 11.3 Å². The lowest BCUT2D eigenvalue weighted by atomic mass is 10.0. The van der Waals surface area contributed by atoms with Crippen LogP contribution >= 0.6 is 0 Å². The molecule has 1 aromatic heterocycles. The van der Waals surface area contributed by atoms with Gasteiger partial charge in [-0.05, 0) is 17.7 Å². The van der Waals surface area contributed by atoms with Crippen molar-refractivity contribution in [2.24, 2.45) is 0 Å². The van der Waals surface area contributed by atoms with Crippen LogP contribution in [-0.2, 0) is 21.1 Å². The summed E-state index contributed by atoms with van der Waals surface area (Å²) in [6.07, 6.45) is 2.61. The zero-order valence-corrected chi connectivity index (χ0v) is 13.1. The van der Waals surface area contributed by atoms with Crippen LogP contribution in [0.2, 0.25) is 0 Å². The van der Waals surface area contributed by atoms with Gasteiger partial charge in [0.2, 0.25) is 0 Å². The molecule has 0 fully saturated rings. The van der Waals surface area contributed by atoms with E-state index < -0.39 is 15.8 Å². The lowest BCUT2D eigenvalue weighted by molar-refractivity contribution is -0.136. The molecule has 6 heteroatoms. The number of furan rings is 1. The van der Waals surface area contributed by atoms with Gasteiger partial charge >= 0.3 is 5.97 Å². The molecule has 0 atom stereocenters. The molecule has 0 unspecified atom stereocenters. The minimum atomic E-state index is -3.24. The normalized spacial score (nSPS) is 11.7. The SMILES string of the molecule is CS(=O)(=O)c1ccc(-c2coc3c(CC(=O)O)cccc23)cc1. The maximum absolute atomic E-state index is 11.5. The molecule has 0 saturated heterocycles. The van der Waals surface area contributed by atoms with Gasteiger partial charge in [0.15, 0.2) is 9.84 Å². The molecule has 1 heterocycles. The second-order valence-corrected chi connectivity index (χ2v) is 7.33. The molecule has 1 N–H and O–H groups in total. The van der Waals surface area contributed by atoms with Crippen LogP contribution in [0, 0.1) is 0 Å². The number of fused-ring (bicyclic) bond motifs is 1. The van der Waals surface area contributed by atoms with Crippen LogP contribution in [0.5, 0.6) is 0 Å². The first-order valence-electron chi connectivity index (χ1n) is 6.87. The number of carboxylic acids is 1. The Labute approximate surface area is 133 Å². The van der Waals surface area contributed by atoms with E-state index in [1.165, 1.54) is 0 Å². The molecular weight excluding hydrogens is 316 g/mol. The van der Waals surface area contributed by atoms with E-state index in [0.29, 0.717) is 11.1 Å². The Bertz CT molecular complexity index is 982. The van der Waals surface area contributed by atoms with Gasteiger partial charge in [0.05, 0.1) is 17.6 Å². The highest BCUT2D eigenvalue weighted by molar-refractivity contribution is 7.90. The van der Waals surface area contributed by atoms with Crippen LogP contribution in [0.25, 0.3) is 22.1 Å². The van der Waals surface area contributed by atoms with Gasteiger partial charge in [-0.25, -0.2) is 8.42 Å². The van der Waals surface area contributed by atoms with E-state index in [0.717, 1.165) is 22.8 Å². The van der Waals surface area contributed by atoms with Gasteiger partial charge in [-0.2, -0.15) is 0 Å². The van der Waals surface area contributed by atoms with E-state index in [1.54, 1.807) is 42.7 Å². The first kappa shape index (κ1) is 15.3. The highest BCUT2D eigenvalue weighted by Gasteiger charge is 2.14. The van der Waals surface area contributed by atoms with E-state index >= 15 is 0 Å². The summed E-state index contributed by atoms with van der Waals surface area (Å²) >= 11 is 0. The fraction of sp³-hybridized carbons (Fsp3) is 0.118. The summed E-state index contributed by atoms with van der Waals surface area (Å²) < 4.78 is 28.6. The summed E-state index contributed by atoms with van der Waals surface area (Å²) in [5, 5.41) is 9.76. The van der Waals surface area contributed by atoms with Gasteiger partial charge in [-0.15, -0.1) is 0 Å². The Balaban J connectivity index is 2.09. The Morgan fingerprint density at radius 1 is 1.13 bits per heavy atom. The minimum absolute atomic E-state index is 0.114. The molecule has 23 heavy (non-hydrogen) atoms.